The number of rotatable bonds is 2. The van der Waals surface area contributed by atoms with E-state index in [1.807, 2.05) is 25.1 Å². The molecule has 0 fully saturated rings. The van der Waals surface area contributed by atoms with Crippen LogP contribution in [0.3, 0.4) is 0 Å². The third-order valence-corrected chi connectivity index (χ3v) is 2.39. The van der Waals surface area contributed by atoms with E-state index in [0.29, 0.717) is 6.42 Å². The van der Waals surface area contributed by atoms with Crippen LogP contribution in [-0.4, -0.2) is 0 Å². The highest BCUT2D eigenvalue weighted by atomic mass is 16.3. The minimum atomic E-state index is -0.206. The summed E-state index contributed by atoms with van der Waals surface area (Å²) in [6.07, 6.45) is 5.71. The quantitative estimate of drug-likeness (QED) is 0.755. The van der Waals surface area contributed by atoms with E-state index >= 15 is 0 Å². The van der Waals surface area contributed by atoms with Crippen LogP contribution < -0.4 is 5.73 Å². The monoisotopic (exact) mass is 199 g/mol. The topological polar surface area (TPSA) is 39.2 Å². The van der Waals surface area contributed by atoms with E-state index in [1.165, 1.54) is 5.56 Å². The van der Waals surface area contributed by atoms with Gasteiger partial charge in [-0.3, -0.25) is 0 Å². The van der Waals surface area contributed by atoms with Crippen molar-refractivity contribution in [2.45, 2.75) is 19.4 Å². The first-order chi connectivity index (χ1) is 7.20. The lowest BCUT2D eigenvalue weighted by atomic mass is 10.1. The predicted octanol–water partition coefficient (Wildman–Crippen LogP) is 2.76. The summed E-state index contributed by atoms with van der Waals surface area (Å²) in [4.78, 5) is 0. The molecular formula is C13H13NO. The number of nitrogens with two attached hydrogens (primary N) is 1. The molecule has 2 heteroatoms. The molecule has 2 aromatic rings. The first kappa shape index (κ1) is 9.82. The fourth-order valence-corrected chi connectivity index (χ4v) is 1.59. The van der Waals surface area contributed by atoms with E-state index in [9.17, 15) is 0 Å². The van der Waals surface area contributed by atoms with Crippen LogP contribution in [0.1, 0.15) is 23.8 Å². The molecule has 76 valence electrons. The average molecular weight is 199 g/mol. The maximum atomic E-state index is 5.87. The summed E-state index contributed by atoms with van der Waals surface area (Å²) in [6.45, 7) is 2.05. The van der Waals surface area contributed by atoms with E-state index < -0.39 is 0 Å². The van der Waals surface area contributed by atoms with Crippen molar-refractivity contribution in [1.82, 2.24) is 0 Å². The van der Waals surface area contributed by atoms with Gasteiger partial charge in [-0.25, -0.2) is 0 Å². The van der Waals surface area contributed by atoms with Gasteiger partial charge >= 0.3 is 0 Å². The zero-order valence-electron chi connectivity index (χ0n) is 8.66. The fraction of sp³-hybridized carbons (Fsp3) is 0.231. The molecule has 1 aromatic carbocycles. The summed E-state index contributed by atoms with van der Waals surface area (Å²) in [5.74, 6) is 3.29. The Labute approximate surface area is 89.1 Å². The highest BCUT2D eigenvalue weighted by Crippen LogP contribution is 2.24. The molecule has 1 aromatic heterocycles. The van der Waals surface area contributed by atoms with E-state index in [2.05, 4.69) is 12.0 Å². The third-order valence-electron chi connectivity index (χ3n) is 2.39. The van der Waals surface area contributed by atoms with E-state index in [0.717, 1.165) is 16.7 Å². The summed E-state index contributed by atoms with van der Waals surface area (Å²) in [5.41, 5.74) is 7.94. The Morgan fingerprint density at radius 1 is 1.47 bits per heavy atom. The van der Waals surface area contributed by atoms with Gasteiger partial charge in [0.2, 0.25) is 0 Å². The number of hydrogen-bond donors (Lipinski definition) is 1. The zero-order valence-corrected chi connectivity index (χ0v) is 8.66. The Balaban J connectivity index is 2.43. The minimum absolute atomic E-state index is 0.206. The molecule has 0 spiro atoms. The van der Waals surface area contributed by atoms with Crippen molar-refractivity contribution in [2.24, 2.45) is 5.73 Å². The molecule has 2 rings (SSSR count). The number of benzene rings is 1. The Bertz CT molecular complexity index is 519. The predicted molar refractivity (Wildman–Crippen MR) is 61.3 cm³/mol. The van der Waals surface area contributed by atoms with Gasteiger partial charge in [0.1, 0.15) is 11.3 Å². The Morgan fingerprint density at radius 3 is 3.00 bits per heavy atom. The summed E-state index contributed by atoms with van der Waals surface area (Å²) >= 11 is 0. The third kappa shape index (κ3) is 1.88. The van der Waals surface area contributed by atoms with Gasteiger partial charge in [0.25, 0.3) is 0 Å². The van der Waals surface area contributed by atoms with Crippen LogP contribution in [0.5, 0.6) is 0 Å². The standard InChI is InChI=1S/C13H13NO/c1-3-4-11(14)13-8-10-7-9(2)5-6-12(10)15-13/h1,5-8,11H,4,14H2,2H3. The maximum absolute atomic E-state index is 5.87. The number of hydrogen-bond acceptors (Lipinski definition) is 2. The summed E-state index contributed by atoms with van der Waals surface area (Å²) in [6, 6.07) is 7.80. The second-order valence-corrected chi connectivity index (χ2v) is 3.70. The fourth-order valence-electron chi connectivity index (χ4n) is 1.59. The molecule has 0 radical (unpaired) electrons. The highest BCUT2D eigenvalue weighted by molar-refractivity contribution is 5.78. The lowest BCUT2D eigenvalue weighted by Gasteiger charge is -2.01. The number of aryl methyl sites for hydroxylation is 1. The van der Waals surface area contributed by atoms with Crippen LogP contribution in [0.4, 0.5) is 0 Å². The molecule has 2 N–H and O–H groups in total. The van der Waals surface area contributed by atoms with Gasteiger partial charge in [0, 0.05) is 11.8 Å². The number of terminal acetylenes is 1. The van der Waals surface area contributed by atoms with Gasteiger partial charge in [-0.2, -0.15) is 0 Å². The van der Waals surface area contributed by atoms with Crippen LogP contribution in [0.25, 0.3) is 11.0 Å². The zero-order chi connectivity index (χ0) is 10.8. The number of fused-ring (bicyclic) bond motifs is 1. The Kier molecular flexibility index (Phi) is 2.49. The average Bonchev–Trinajstić information content (AvgIpc) is 2.60. The van der Waals surface area contributed by atoms with E-state index in [-0.39, 0.29) is 6.04 Å². The number of furan rings is 1. The van der Waals surface area contributed by atoms with Crippen molar-refractivity contribution in [3.63, 3.8) is 0 Å². The van der Waals surface area contributed by atoms with Crippen molar-refractivity contribution < 1.29 is 4.42 Å². The van der Waals surface area contributed by atoms with Crippen LogP contribution in [0, 0.1) is 19.3 Å². The smallest absolute Gasteiger partial charge is 0.134 e. The van der Waals surface area contributed by atoms with Crippen molar-refractivity contribution in [1.29, 1.82) is 0 Å². The lowest BCUT2D eigenvalue weighted by Crippen LogP contribution is -2.07. The Hall–Kier alpha value is -1.72. The molecule has 0 aliphatic rings. The van der Waals surface area contributed by atoms with Gasteiger partial charge < -0.3 is 10.2 Å². The summed E-state index contributed by atoms with van der Waals surface area (Å²) in [5, 5.41) is 1.08. The van der Waals surface area contributed by atoms with Crippen molar-refractivity contribution in [2.75, 3.05) is 0 Å². The first-order valence-electron chi connectivity index (χ1n) is 4.90. The van der Waals surface area contributed by atoms with E-state index in [1.54, 1.807) is 0 Å². The molecule has 1 atom stereocenters. The molecule has 0 aliphatic carbocycles. The van der Waals surface area contributed by atoms with Gasteiger partial charge in [-0.1, -0.05) is 11.6 Å². The maximum Gasteiger partial charge on any atom is 0.134 e. The van der Waals surface area contributed by atoms with Crippen molar-refractivity contribution in [3.8, 4) is 12.3 Å². The summed E-state index contributed by atoms with van der Waals surface area (Å²) < 4.78 is 5.62. The SMILES string of the molecule is C#CCC(N)c1cc2cc(C)ccc2o1. The van der Waals surface area contributed by atoms with Crippen molar-refractivity contribution >= 4 is 11.0 Å². The molecule has 0 aliphatic heterocycles. The molecular weight excluding hydrogens is 186 g/mol. The molecule has 1 unspecified atom stereocenters. The normalized spacial score (nSPS) is 12.6. The summed E-state index contributed by atoms with van der Waals surface area (Å²) in [7, 11) is 0. The molecule has 0 bridgehead atoms. The minimum Gasteiger partial charge on any atom is -0.459 e. The molecule has 2 nitrogen and oxygen atoms in total. The lowest BCUT2D eigenvalue weighted by molar-refractivity contribution is 0.500. The highest BCUT2D eigenvalue weighted by Gasteiger charge is 2.10. The molecule has 15 heavy (non-hydrogen) atoms. The van der Waals surface area contributed by atoms with Crippen LogP contribution >= 0.6 is 0 Å². The van der Waals surface area contributed by atoms with Gasteiger partial charge in [-0.15, -0.1) is 12.3 Å². The van der Waals surface area contributed by atoms with E-state index in [4.69, 9.17) is 16.6 Å². The van der Waals surface area contributed by atoms with Gasteiger partial charge in [0.05, 0.1) is 6.04 Å². The van der Waals surface area contributed by atoms with Gasteiger partial charge in [0.15, 0.2) is 0 Å². The van der Waals surface area contributed by atoms with Crippen molar-refractivity contribution in [3.05, 3.63) is 35.6 Å². The molecule has 1 heterocycles. The Morgan fingerprint density at radius 2 is 2.27 bits per heavy atom. The molecule has 0 saturated carbocycles. The van der Waals surface area contributed by atoms with Crippen LogP contribution in [-0.2, 0) is 0 Å². The first-order valence-corrected chi connectivity index (χ1v) is 4.90. The second-order valence-electron chi connectivity index (χ2n) is 3.70. The second kappa shape index (κ2) is 3.80. The van der Waals surface area contributed by atoms with Crippen LogP contribution in [0.15, 0.2) is 28.7 Å². The van der Waals surface area contributed by atoms with Crippen LogP contribution in [0.2, 0.25) is 0 Å². The molecule has 0 saturated heterocycles. The molecule has 0 amide bonds. The largest absolute Gasteiger partial charge is 0.459 e. The van der Waals surface area contributed by atoms with Gasteiger partial charge in [-0.05, 0) is 25.1 Å².